The molecule has 4 aromatic carbocycles. The van der Waals surface area contributed by atoms with Crippen LogP contribution in [0, 0.1) is 0 Å². The number of para-hydroxylation sites is 1. The number of rotatable bonds is 13. The lowest BCUT2D eigenvalue weighted by atomic mass is 9.72. The number of ether oxygens (including phenoxy) is 2. The summed E-state index contributed by atoms with van der Waals surface area (Å²) in [6.07, 6.45) is 4.33. The van der Waals surface area contributed by atoms with E-state index in [1.165, 1.54) is 20.8 Å². The molecule has 6 rings (SSSR count). The highest BCUT2D eigenvalue weighted by Gasteiger charge is 2.44. The number of halogens is 1. The third-order valence-electron chi connectivity index (χ3n) is 9.68. The molecule has 1 aromatic heterocycles. The molecule has 260 valence electrons. The van der Waals surface area contributed by atoms with Gasteiger partial charge in [0.25, 0.3) is 5.91 Å². The summed E-state index contributed by atoms with van der Waals surface area (Å²) >= 11 is 1.72. The zero-order valence-electron chi connectivity index (χ0n) is 28.3. The molecule has 0 radical (unpaired) electrons. The third-order valence-corrected chi connectivity index (χ3v) is 15.3. The molecule has 0 unspecified atom stereocenters. The first-order valence-electron chi connectivity index (χ1n) is 17.0. The smallest absolute Gasteiger partial charge is 0.407 e. The van der Waals surface area contributed by atoms with Crippen LogP contribution in [-0.4, -0.2) is 44.5 Å². The number of hydrogen-bond donors (Lipinski definition) is 2. The number of hydrogen-bond acceptors (Lipinski definition) is 5. The van der Waals surface area contributed by atoms with Crippen LogP contribution < -0.4 is 55.3 Å². The van der Waals surface area contributed by atoms with Gasteiger partial charge in [0.05, 0.1) is 18.8 Å². The number of nitrogens with one attached hydrogen (secondary N) is 2. The summed E-state index contributed by atoms with van der Waals surface area (Å²) in [5.41, 5.74) is 0.317. The Labute approximate surface area is 317 Å². The van der Waals surface area contributed by atoms with Crippen LogP contribution in [0.4, 0.5) is 4.79 Å². The zero-order valence-corrected chi connectivity index (χ0v) is 32.2. The van der Waals surface area contributed by atoms with E-state index in [1.54, 1.807) is 30.6 Å². The fraction of sp³-hybridized carbons (Fsp3) is 0.268. The standard InChI is InChI=1S/C41H43N2O4PS.HI/c1-46-37-22-12-11-21-36(37)39(44)43-31-41(38-23-13-30-49-38)26-24-32(25-27-41)47-40(45)42-28-14-29-48(33-15-5-2-6-16-33,34-17-7-3-8-18-34)35-19-9-4-10-20-35;/h2-13,15-23,30,32H,14,24-29,31H2,1H3,(H-,42,43,44,45);1H. The lowest BCUT2D eigenvalue weighted by molar-refractivity contribution is -0.0000300. The van der Waals surface area contributed by atoms with Crippen molar-refractivity contribution < 1.29 is 43.0 Å². The normalized spacial score (nSPS) is 17.2. The highest BCUT2D eigenvalue weighted by atomic mass is 127. The molecule has 0 spiro atoms. The molecule has 1 aliphatic rings. The summed E-state index contributed by atoms with van der Waals surface area (Å²) in [4.78, 5) is 27.5. The molecule has 6 nitrogen and oxygen atoms in total. The number of benzene rings is 4. The fourth-order valence-electron chi connectivity index (χ4n) is 7.11. The van der Waals surface area contributed by atoms with E-state index in [-0.39, 0.29) is 47.5 Å². The average Bonchev–Trinajstić information content (AvgIpc) is 3.72. The van der Waals surface area contributed by atoms with E-state index >= 15 is 0 Å². The van der Waals surface area contributed by atoms with Crippen LogP contribution in [0.15, 0.2) is 133 Å². The van der Waals surface area contributed by atoms with Crippen molar-refractivity contribution in [1.82, 2.24) is 10.6 Å². The second-order valence-corrected chi connectivity index (χ2v) is 17.1. The summed E-state index contributed by atoms with van der Waals surface area (Å²) in [5, 5.41) is 12.3. The van der Waals surface area contributed by atoms with Crippen LogP contribution >= 0.6 is 18.6 Å². The van der Waals surface area contributed by atoms with Gasteiger partial charge in [-0.3, -0.25) is 4.79 Å². The maximum Gasteiger partial charge on any atom is 0.407 e. The molecule has 1 saturated carbocycles. The van der Waals surface area contributed by atoms with Crippen molar-refractivity contribution in [1.29, 1.82) is 0 Å². The molecular formula is C41H44IN2O4PS. The Hall–Kier alpha value is -3.72. The summed E-state index contributed by atoms with van der Waals surface area (Å²) in [6.45, 7) is 1.05. The fourth-order valence-corrected chi connectivity index (χ4v) is 12.4. The molecule has 5 aromatic rings. The minimum Gasteiger partial charge on any atom is -1.00 e. The van der Waals surface area contributed by atoms with Gasteiger partial charge in [-0.1, -0.05) is 72.8 Å². The Balaban J connectivity index is 0.00000486. The van der Waals surface area contributed by atoms with E-state index < -0.39 is 7.26 Å². The van der Waals surface area contributed by atoms with Crippen LogP contribution in [0.1, 0.15) is 47.3 Å². The Kier molecular flexibility index (Phi) is 13.5. The molecular weight excluding hydrogens is 774 g/mol. The maximum absolute atomic E-state index is 13.2. The molecule has 1 fully saturated rings. The van der Waals surface area contributed by atoms with Gasteiger partial charge in [0, 0.05) is 23.4 Å². The monoisotopic (exact) mass is 818 g/mol. The number of amides is 2. The second kappa shape index (κ2) is 18.0. The largest absolute Gasteiger partial charge is 1.00 e. The maximum atomic E-state index is 13.2. The van der Waals surface area contributed by atoms with Crippen molar-refractivity contribution in [3.63, 3.8) is 0 Å². The Morgan fingerprint density at radius 1 is 0.760 bits per heavy atom. The Morgan fingerprint density at radius 3 is 1.86 bits per heavy atom. The molecule has 0 bridgehead atoms. The van der Waals surface area contributed by atoms with Crippen molar-refractivity contribution in [3.05, 3.63) is 143 Å². The van der Waals surface area contributed by atoms with E-state index in [0.29, 0.717) is 24.4 Å². The number of alkyl carbamates (subject to hydrolysis) is 1. The number of thiophene rings is 1. The SMILES string of the molecule is COc1ccccc1C(=O)NCC1(c2cccs2)CCC(OC(=O)NCCC[P+](c2ccccc2)(c2ccccc2)c2ccccc2)CC1.[I-]. The first kappa shape index (κ1) is 37.5. The van der Waals surface area contributed by atoms with E-state index in [4.69, 9.17) is 9.47 Å². The second-order valence-electron chi connectivity index (χ2n) is 12.6. The van der Waals surface area contributed by atoms with Crippen LogP contribution in [0.2, 0.25) is 0 Å². The quantitative estimate of drug-likeness (QED) is 0.105. The predicted molar refractivity (Wildman–Crippen MR) is 203 cm³/mol. The molecule has 0 atom stereocenters. The van der Waals surface area contributed by atoms with Crippen molar-refractivity contribution in [2.45, 2.75) is 43.6 Å². The van der Waals surface area contributed by atoms with Gasteiger partial charge in [-0.05, 0) is 92.1 Å². The lowest BCUT2D eigenvalue weighted by Crippen LogP contribution is -3.00. The van der Waals surface area contributed by atoms with Gasteiger partial charge in [-0.2, -0.15) is 0 Å². The molecule has 2 N–H and O–H groups in total. The number of methoxy groups -OCH3 is 1. The van der Waals surface area contributed by atoms with Gasteiger partial charge in [0.15, 0.2) is 0 Å². The minimum atomic E-state index is -1.95. The van der Waals surface area contributed by atoms with Gasteiger partial charge in [0.1, 0.15) is 35.0 Å². The summed E-state index contributed by atoms with van der Waals surface area (Å²) in [7, 11) is -0.378. The average molecular weight is 819 g/mol. The van der Waals surface area contributed by atoms with E-state index in [1.807, 2.05) is 12.1 Å². The molecule has 1 heterocycles. The number of carbonyl (C=O) groups is 2. The van der Waals surface area contributed by atoms with Crippen LogP contribution in [0.3, 0.4) is 0 Å². The molecule has 9 heteroatoms. The van der Waals surface area contributed by atoms with Gasteiger partial charge >= 0.3 is 6.09 Å². The van der Waals surface area contributed by atoms with Crippen molar-refractivity contribution in [3.8, 4) is 5.75 Å². The lowest BCUT2D eigenvalue weighted by Gasteiger charge is -2.39. The minimum absolute atomic E-state index is 0. The predicted octanol–water partition coefficient (Wildman–Crippen LogP) is 4.48. The van der Waals surface area contributed by atoms with Crippen molar-refractivity contribution in [2.24, 2.45) is 0 Å². The summed E-state index contributed by atoms with van der Waals surface area (Å²) in [6, 6.07) is 43.9. The molecule has 2 amide bonds. The van der Waals surface area contributed by atoms with Crippen molar-refractivity contribution in [2.75, 3.05) is 26.4 Å². The Bertz CT molecular complexity index is 1690. The molecule has 0 aliphatic heterocycles. The highest BCUT2D eigenvalue weighted by Crippen LogP contribution is 2.55. The first-order valence-corrected chi connectivity index (χ1v) is 19.8. The summed E-state index contributed by atoms with van der Waals surface area (Å²) in [5.74, 6) is 0.408. The first-order chi connectivity index (χ1) is 24.0. The van der Waals surface area contributed by atoms with Gasteiger partial charge < -0.3 is 44.1 Å². The third kappa shape index (κ3) is 8.59. The van der Waals surface area contributed by atoms with Gasteiger partial charge in [-0.15, -0.1) is 11.3 Å². The van der Waals surface area contributed by atoms with Gasteiger partial charge in [0.2, 0.25) is 0 Å². The molecule has 50 heavy (non-hydrogen) atoms. The Morgan fingerprint density at radius 2 is 1.32 bits per heavy atom. The van der Waals surface area contributed by atoms with Crippen LogP contribution in [0.25, 0.3) is 0 Å². The number of carbonyl (C=O) groups excluding carboxylic acids is 2. The van der Waals surface area contributed by atoms with Gasteiger partial charge in [-0.25, -0.2) is 4.79 Å². The van der Waals surface area contributed by atoms with Crippen molar-refractivity contribution >= 4 is 46.5 Å². The molecule has 0 saturated heterocycles. The van der Waals surface area contributed by atoms with E-state index in [0.717, 1.165) is 38.3 Å². The van der Waals surface area contributed by atoms with E-state index in [9.17, 15) is 9.59 Å². The summed E-state index contributed by atoms with van der Waals surface area (Å²) < 4.78 is 11.4. The van der Waals surface area contributed by atoms with Crippen LogP contribution in [0.5, 0.6) is 5.75 Å². The van der Waals surface area contributed by atoms with E-state index in [2.05, 4.69) is 119 Å². The highest BCUT2D eigenvalue weighted by molar-refractivity contribution is 7.95. The van der Waals surface area contributed by atoms with Crippen LogP contribution in [-0.2, 0) is 10.2 Å². The molecule has 1 aliphatic carbocycles. The zero-order chi connectivity index (χ0) is 33.9. The topological polar surface area (TPSA) is 76.7 Å².